The molecule has 13 heteroatoms. The number of alkyl halides is 3. The lowest BCUT2D eigenvalue weighted by atomic mass is 9.89. The summed E-state index contributed by atoms with van der Waals surface area (Å²) in [5, 5.41) is 11.3. The quantitative estimate of drug-likeness (QED) is 0.245. The number of halogens is 5. The Hall–Kier alpha value is -3.32. The number of amidine groups is 2. The van der Waals surface area contributed by atoms with Gasteiger partial charge in [0.05, 0.1) is 23.7 Å². The van der Waals surface area contributed by atoms with Gasteiger partial charge in [0.25, 0.3) is 0 Å². The van der Waals surface area contributed by atoms with Crippen molar-refractivity contribution < 1.29 is 32.1 Å². The Morgan fingerprint density at radius 3 is 2.32 bits per heavy atom. The minimum atomic E-state index is -4.73. The number of rotatable bonds is 5. The zero-order valence-electron chi connectivity index (χ0n) is 22.9. The predicted molar refractivity (Wildman–Crippen MR) is 152 cm³/mol. The third-order valence-electron chi connectivity index (χ3n) is 6.20. The molecule has 5 unspecified atom stereocenters. The summed E-state index contributed by atoms with van der Waals surface area (Å²) in [7, 11) is 0. The zero-order valence-corrected chi connectivity index (χ0v) is 23.6. The summed E-state index contributed by atoms with van der Waals surface area (Å²) in [5.41, 5.74) is 11.8. The van der Waals surface area contributed by atoms with E-state index in [0.717, 1.165) is 18.2 Å². The molecule has 0 saturated carbocycles. The van der Waals surface area contributed by atoms with Crippen molar-refractivity contribution in [2.24, 2.45) is 26.4 Å². The van der Waals surface area contributed by atoms with E-state index in [0.29, 0.717) is 16.8 Å². The number of ether oxygens (including phenoxy) is 2. The molecule has 222 valence electrons. The summed E-state index contributed by atoms with van der Waals surface area (Å²) in [6.45, 7) is 7.29. The van der Waals surface area contributed by atoms with Crippen molar-refractivity contribution in [2.75, 3.05) is 6.61 Å². The monoisotopic (exact) mass is 597 g/mol. The first-order valence-electron chi connectivity index (χ1n) is 12.8. The lowest BCUT2D eigenvalue weighted by Gasteiger charge is -2.48. The van der Waals surface area contributed by atoms with E-state index >= 15 is 0 Å². The van der Waals surface area contributed by atoms with Gasteiger partial charge in [-0.2, -0.15) is 13.2 Å². The van der Waals surface area contributed by atoms with E-state index < -0.39 is 53.7 Å². The number of benzene rings is 2. The molecular formula is C28H32ClF4N5O3. The Labute approximate surface area is 240 Å². The molecule has 0 amide bonds. The maximum absolute atomic E-state index is 13.7. The molecule has 5 atom stereocenters. The number of hydrogen-bond donors (Lipinski definition) is 3. The van der Waals surface area contributed by atoms with Crippen molar-refractivity contribution in [2.45, 2.75) is 64.3 Å². The molecule has 2 fully saturated rings. The first kappa shape index (κ1) is 32.2. The van der Waals surface area contributed by atoms with Crippen LogP contribution in [0.1, 0.15) is 38.8 Å². The van der Waals surface area contributed by atoms with Crippen LogP contribution in [0, 0.1) is 5.82 Å². The van der Waals surface area contributed by atoms with Gasteiger partial charge in [-0.3, -0.25) is 4.99 Å². The number of aliphatic imine (C=N–C) groups is 3. The van der Waals surface area contributed by atoms with Gasteiger partial charge in [0.1, 0.15) is 36.3 Å². The maximum Gasteiger partial charge on any atom is 0.418 e. The Morgan fingerprint density at radius 1 is 1.10 bits per heavy atom. The summed E-state index contributed by atoms with van der Waals surface area (Å²) >= 11 is 5.95. The second-order valence-corrected chi connectivity index (χ2v) is 9.57. The largest absolute Gasteiger partial charge is 0.418 e. The standard InChI is InChI=1S/C26H26ClF4N5O3.C2H6/c1-12(20(33)14-3-6-16(28)7-4-14)10-34-21-22(37)24(39-19-11-38-23(19)21)25(35-13(2)32)36-18-9-15(27)5-8-17(18)26(29,30)31;1-2/h3-10,19,21-24,37H,11,33H2,1-2H3,(H2,32,35,36);1-2H3/b20-12-,34-10?;. The lowest BCUT2D eigenvalue weighted by molar-refractivity contribution is -0.255. The summed E-state index contributed by atoms with van der Waals surface area (Å²) < 4.78 is 65.7. The smallest absolute Gasteiger partial charge is 0.398 e. The van der Waals surface area contributed by atoms with Crippen molar-refractivity contribution in [3.63, 3.8) is 0 Å². The van der Waals surface area contributed by atoms with Crippen molar-refractivity contribution >= 4 is 40.9 Å². The van der Waals surface area contributed by atoms with E-state index in [9.17, 15) is 22.7 Å². The highest BCUT2D eigenvalue weighted by Crippen LogP contribution is 2.39. The van der Waals surface area contributed by atoms with Crippen molar-refractivity contribution in [3.05, 3.63) is 70.0 Å². The Morgan fingerprint density at radius 2 is 1.76 bits per heavy atom. The Bertz CT molecular complexity index is 1340. The third-order valence-corrected chi connectivity index (χ3v) is 6.44. The highest BCUT2D eigenvalue weighted by Gasteiger charge is 2.52. The minimum Gasteiger partial charge on any atom is -0.398 e. The molecule has 2 aliphatic heterocycles. The molecule has 2 aromatic carbocycles. The normalized spacial score (nSPS) is 25.6. The van der Waals surface area contributed by atoms with Crippen molar-refractivity contribution in [1.29, 1.82) is 0 Å². The van der Waals surface area contributed by atoms with Gasteiger partial charge in [0.15, 0.2) is 5.84 Å². The topological polar surface area (TPSA) is 128 Å². The fourth-order valence-electron chi connectivity index (χ4n) is 4.17. The van der Waals surface area contributed by atoms with Crippen LogP contribution in [-0.4, -0.2) is 60.1 Å². The average Bonchev–Trinajstić information content (AvgIpc) is 2.89. The molecule has 5 N–H and O–H groups in total. The molecule has 2 aromatic rings. The highest BCUT2D eigenvalue weighted by molar-refractivity contribution is 6.30. The van der Waals surface area contributed by atoms with Crippen molar-refractivity contribution in [3.8, 4) is 0 Å². The number of fused-ring (bicyclic) bond motifs is 1. The van der Waals surface area contributed by atoms with Crippen LogP contribution in [0.5, 0.6) is 0 Å². The highest BCUT2D eigenvalue weighted by atomic mass is 35.5. The molecule has 2 heterocycles. The first-order valence-corrected chi connectivity index (χ1v) is 13.2. The van der Waals surface area contributed by atoms with Gasteiger partial charge in [-0.15, -0.1) is 0 Å². The summed E-state index contributed by atoms with van der Waals surface area (Å²) in [6, 6.07) is 7.65. The molecule has 0 aromatic heterocycles. The molecule has 41 heavy (non-hydrogen) atoms. The molecule has 0 spiro atoms. The van der Waals surface area contributed by atoms with Crippen LogP contribution in [0.4, 0.5) is 23.2 Å². The van der Waals surface area contributed by atoms with Gasteiger partial charge in [0, 0.05) is 16.9 Å². The van der Waals surface area contributed by atoms with Crippen LogP contribution in [0.25, 0.3) is 5.70 Å². The number of aliphatic hydroxyl groups is 1. The van der Waals surface area contributed by atoms with Crippen LogP contribution in [0.2, 0.25) is 5.02 Å². The SMILES string of the molecule is CC.CC(N)=NC(=Nc1cc(Cl)ccc1C(F)(F)F)C1OC2COC2C(N=C/C(C)=C(\N)c2ccc(F)cc2)C1O. The molecule has 8 nitrogen and oxygen atoms in total. The molecule has 2 saturated heterocycles. The molecule has 2 aliphatic rings. The van der Waals surface area contributed by atoms with E-state index in [1.54, 1.807) is 6.92 Å². The van der Waals surface area contributed by atoms with Gasteiger partial charge < -0.3 is 26.0 Å². The van der Waals surface area contributed by atoms with Gasteiger partial charge >= 0.3 is 6.18 Å². The first-order chi connectivity index (χ1) is 19.3. The number of allylic oxidation sites excluding steroid dienone is 1. The third kappa shape index (κ3) is 7.70. The van der Waals surface area contributed by atoms with E-state index in [1.165, 1.54) is 37.4 Å². The number of nitrogens with zero attached hydrogens (tertiary/aromatic N) is 3. The van der Waals surface area contributed by atoms with Crippen LogP contribution >= 0.6 is 11.6 Å². The van der Waals surface area contributed by atoms with Gasteiger partial charge in [-0.25, -0.2) is 14.4 Å². The Kier molecular flexibility index (Phi) is 10.6. The maximum atomic E-state index is 13.7. The van der Waals surface area contributed by atoms with Crippen LogP contribution in [-0.2, 0) is 15.7 Å². The second kappa shape index (κ2) is 13.6. The molecule has 4 rings (SSSR count). The molecule has 0 radical (unpaired) electrons. The zero-order chi connectivity index (χ0) is 30.5. The van der Waals surface area contributed by atoms with E-state index in [4.69, 9.17) is 32.5 Å². The summed E-state index contributed by atoms with van der Waals surface area (Å²) in [6.07, 6.45) is -7.13. The van der Waals surface area contributed by atoms with E-state index in [2.05, 4.69) is 15.0 Å². The fraction of sp³-hybridized carbons (Fsp3) is 0.393. The summed E-state index contributed by atoms with van der Waals surface area (Å²) in [5.74, 6) is -0.702. The molecule has 0 bridgehead atoms. The van der Waals surface area contributed by atoms with Crippen LogP contribution in [0.15, 0.2) is 63.0 Å². The van der Waals surface area contributed by atoms with E-state index in [1.807, 2.05) is 13.8 Å². The summed E-state index contributed by atoms with van der Waals surface area (Å²) in [4.78, 5) is 12.7. The molecular weight excluding hydrogens is 566 g/mol. The minimum absolute atomic E-state index is 0.0157. The van der Waals surface area contributed by atoms with Gasteiger partial charge in [-0.1, -0.05) is 25.4 Å². The van der Waals surface area contributed by atoms with Gasteiger partial charge in [-0.05, 0) is 67.4 Å². The molecule has 0 aliphatic carbocycles. The second-order valence-electron chi connectivity index (χ2n) is 9.14. The number of hydrogen-bond acceptors (Lipinski definition) is 6. The fourth-order valence-corrected chi connectivity index (χ4v) is 4.33. The number of aliphatic hydroxyl groups excluding tert-OH is 1. The average molecular weight is 598 g/mol. The predicted octanol–water partition coefficient (Wildman–Crippen LogP) is 5.29. The van der Waals surface area contributed by atoms with Crippen molar-refractivity contribution in [1.82, 2.24) is 0 Å². The Balaban J connectivity index is 0.00000226. The number of nitrogens with two attached hydrogens (primary N) is 2. The van der Waals surface area contributed by atoms with Crippen LogP contribution < -0.4 is 11.5 Å². The lowest BCUT2D eigenvalue weighted by Crippen LogP contribution is -2.66. The van der Waals surface area contributed by atoms with Gasteiger partial charge in [0.2, 0.25) is 0 Å². The van der Waals surface area contributed by atoms with Crippen LogP contribution in [0.3, 0.4) is 0 Å². The van der Waals surface area contributed by atoms with E-state index in [-0.39, 0.29) is 23.3 Å².